The number of aromatic hydroxyl groups is 1. The van der Waals surface area contributed by atoms with E-state index in [0.717, 1.165) is 41.7 Å². The Kier molecular flexibility index (Phi) is 3.95. The van der Waals surface area contributed by atoms with Gasteiger partial charge in [-0.2, -0.15) is 0 Å². The van der Waals surface area contributed by atoms with Crippen molar-refractivity contribution in [3.05, 3.63) is 54.2 Å². The van der Waals surface area contributed by atoms with Crippen molar-refractivity contribution in [2.45, 2.75) is 25.8 Å². The van der Waals surface area contributed by atoms with Gasteiger partial charge in [0, 0.05) is 35.7 Å². The van der Waals surface area contributed by atoms with E-state index in [4.69, 9.17) is 0 Å². The fourth-order valence-corrected chi connectivity index (χ4v) is 3.49. The van der Waals surface area contributed by atoms with Crippen LogP contribution in [0.4, 0.5) is 0 Å². The van der Waals surface area contributed by atoms with Gasteiger partial charge in [-0.15, -0.1) is 10.2 Å². The molecule has 0 radical (unpaired) electrons. The first-order valence-electron chi connectivity index (χ1n) is 8.64. The van der Waals surface area contributed by atoms with Crippen molar-refractivity contribution in [1.29, 1.82) is 0 Å². The quantitative estimate of drug-likeness (QED) is 0.710. The third-order valence-electron chi connectivity index (χ3n) is 5.14. The van der Waals surface area contributed by atoms with Crippen LogP contribution in [0, 0.1) is 6.92 Å². The number of phenolic OH excluding ortho intramolecular Hbond substituents is 1. The number of benzene rings is 1. The van der Waals surface area contributed by atoms with Crippen LogP contribution in [0.2, 0.25) is 0 Å². The first-order chi connectivity index (χ1) is 12.6. The van der Waals surface area contributed by atoms with Crippen molar-refractivity contribution < 1.29 is 9.90 Å². The van der Waals surface area contributed by atoms with Crippen molar-refractivity contribution >= 4 is 16.9 Å². The monoisotopic (exact) mass is 348 g/mol. The van der Waals surface area contributed by atoms with Crippen LogP contribution in [0.5, 0.6) is 5.75 Å². The number of nitrogens with one attached hydrogen (secondary N) is 1. The van der Waals surface area contributed by atoms with Crippen LogP contribution in [0.3, 0.4) is 0 Å². The van der Waals surface area contributed by atoms with Crippen LogP contribution in [0.1, 0.15) is 17.7 Å². The largest absolute Gasteiger partial charge is 0.507 e. The highest BCUT2D eigenvalue weighted by atomic mass is 16.3. The van der Waals surface area contributed by atoms with Crippen LogP contribution in [0.25, 0.3) is 22.3 Å². The third kappa shape index (κ3) is 2.63. The topological polar surface area (TPSA) is 82.1 Å². The van der Waals surface area contributed by atoms with Crippen molar-refractivity contribution in [2.24, 2.45) is 0 Å². The Morgan fingerprint density at radius 1 is 1.42 bits per heavy atom. The molecule has 0 aliphatic carbocycles. The van der Waals surface area contributed by atoms with Crippen LogP contribution >= 0.6 is 0 Å². The number of phenols is 1. The number of H-pyrrole nitrogens is 1. The number of hydrogen-bond acceptors (Lipinski definition) is 4. The second kappa shape index (κ2) is 6.29. The van der Waals surface area contributed by atoms with Crippen LogP contribution in [0.15, 0.2) is 43.0 Å². The average Bonchev–Trinajstić information content (AvgIpc) is 2.94. The van der Waals surface area contributed by atoms with Crippen molar-refractivity contribution in [3.8, 4) is 17.0 Å². The number of para-hydroxylation sites is 1. The van der Waals surface area contributed by atoms with Gasteiger partial charge in [-0.25, -0.2) is 0 Å². The van der Waals surface area contributed by atoms with Crippen molar-refractivity contribution in [2.75, 3.05) is 6.54 Å². The molecule has 0 spiro atoms. The lowest BCUT2D eigenvalue weighted by Gasteiger charge is -2.40. The molecule has 1 unspecified atom stereocenters. The Hall–Kier alpha value is -3.15. The number of nitrogens with zero attached hydrogens (tertiary/aromatic N) is 3. The van der Waals surface area contributed by atoms with Crippen molar-refractivity contribution in [3.63, 3.8) is 0 Å². The van der Waals surface area contributed by atoms with E-state index in [0.29, 0.717) is 11.3 Å². The van der Waals surface area contributed by atoms with E-state index in [1.165, 1.54) is 6.08 Å². The molecule has 1 atom stereocenters. The molecule has 1 aromatic carbocycles. The molecule has 6 nitrogen and oxygen atoms in total. The van der Waals surface area contributed by atoms with Gasteiger partial charge in [-0.3, -0.25) is 4.79 Å². The van der Waals surface area contributed by atoms with Gasteiger partial charge < -0.3 is 15.0 Å². The molecule has 4 rings (SSSR count). The highest BCUT2D eigenvalue weighted by molar-refractivity contribution is 5.88. The minimum Gasteiger partial charge on any atom is -0.507 e. The van der Waals surface area contributed by atoms with E-state index in [9.17, 15) is 9.90 Å². The van der Waals surface area contributed by atoms with Crippen LogP contribution < -0.4 is 0 Å². The fourth-order valence-electron chi connectivity index (χ4n) is 3.49. The predicted octanol–water partition coefficient (Wildman–Crippen LogP) is 2.97. The molecule has 2 aromatic heterocycles. The predicted molar refractivity (Wildman–Crippen MR) is 99.7 cm³/mol. The Morgan fingerprint density at radius 2 is 2.23 bits per heavy atom. The molecule has 1 saturated heterocycles. The zero-order valence-electron chi connectivity index (χ0n) is 14.6. The Morgan fingerprint density at radius 3 is 2.92 bits per heavy atom. The van der Waals surface area contributed by atoms with Crippen LogP contribution in [-0.4, -0.2) is 43.7 Å². The summed E-state index contributed by atoms with van der Waals surface area (Å²) in [6.45, 7) is 6.39. The average molecular weight is 348 g/mol. The number of carbonyl (C=O) groups excluding carboxylic acids is 1. The van der Waals surface area contributed by atoms with E-state index in [1.54, 1.807) is 12.1 Å². The van der Waals surface area contributed by atoms with Gasteiger partial charge in [0.1, 0.15) is 5.75 Å². The highest BCUT2D eigenvalue weighted by Gasteiger charge is 2.31. The molecule has 3 aromatic rings. The van der Waals surface area contributed by atoms with E-state index < -0.39 is 0 Å². The number of rotatable bonds is 4. The minimum absolute atomic E-state index is 0.0170. The Labute approximate surface area is 151 Å². The number of hydrogen-bond donors (Lipinski definition) is 2. The molecule has 6 heteroatoms. The lowest BCUT2D eigenvalue weighted by atomic mass is 9.96. The van der Waals surface area contributed by atoms with E-state index in [1.807, 2.05) is 30.0 Å². The first kappa shape index (κ1) is 16.3. The molecule has 1 amide bonds. The lowest BCUT2D eigenvalue weighted by Crippen LogP contribution is -2.51. The van der Waals surface area contributed by atoms with Gasteiger partial charge in [0.15, 0.2) is 5.65 Å². The molecule has 3 heterocycles. The number of aromatic amines is 1. The molecular weight excluding hydrogens is 328 g/mol. The summed E-state index contributed by atoms with van der Waals surface area (Å²) in [6, 6.07) is 9.23. The third-order valence-corrected chi connectivity index (χ3v) is 5.14. The van der Waals surface area contributed by atoms with Crippen LogP contribution in [-0.2, 0) is 11.2 Å². The summed E-state index contributed by atoms with van der Waals surface area (Å²) in [5.74, 6) is 0.166. The number of carbonyl (C=O) groups is 1. The maximum Gasteiger partial charge on any atom is 0.246 e. The van der Waals surface area contributed by atoms with Gasteiger partial charge in [-0.1, -0.05) is 18.7 Å². The van der Waals surface area contributed by atoms with Gasteiger partial charge in [0.05, 0.1) is 5.69 Å². The van der Waals surface area contributed by atoms with Crippen molar-refractivity contribution in [1.82, 2.24) is 20.1 Å². The maximum atomic E-state index is 11.8. The molecule has 0 bridgehead atoms. The molecule has 132 valence electrons. The number of fused-ring (bicyclic) bond motifs is 1. The highest BCUT2D eigenvalue weighted by Crippen LogP contribution is 2.31. The van der Waals surface area contributed by atoms with Gasteiger partial charge >= 0.3 is 0 Å². The molecule has 0 saturated carbocycles. The van der Waals surface area contributed by atoms with Gasteiger partial charge in [0.25, 0.3) is 0 Å². The lowest BCUT2D eigenvalue weighted by molar-refractivity contribution is -0.133. The summed E-state index contributed by atoms with van der Waals surface area (Å²) in [6.07, 6.45) is 3.12. The Bertz CT molecular complexity index is 1010. The number of amides is 1. The normalized spacial score (nSPS) is 16.5. The number of likely N-dealkylation sites (tertiary alicyclic amines) is 1. The standard InChI is InChI=1S/C20H20N4O2/c1-3-19(26)24-9-8-13(24)10-16-12(2)15-11-17(22-23-20(15)21-16)14-6-4-5-7-18(14)25/h3-7,11,13,25H,1,8-10H2,2H3,(H,21,23). The second-order valence-electron chi connectivity index (χ2n) is 6.62. The van der Waals surface area contributed by atoms with E-state index in [2.05, 4.69) is 21.8 Å². The van der Waals surface area contributed by atoms with E-state index >= 15 is 0 Å². The zero-order chi connectivity index (χ0) is 18.3. The molecule has 26 heavy (non-hydrogen) atoms. The summed E-state index contributed by atoms with van der Waals surface area (Å²) in [5.41, 5.74) is 4.18. The molecule has 1 aliphatic rings. The molecule has 1 aliphatic heterocycles. The number of aromatic nitrogens is 3. The summed E-state index contributed by atoms with van der Waals surface area (Å²) in [7, 11) is 0. The number of aryl methyl sites for hydroxylation is 1. The van der Waals surface area contributed by atoms with Gasteiger partial charge in [-0.05, 0) is 43.2 Å². The zero-order valence-corrected chi connectivity index (χ0v) is 14.6. The van der Waals surface area contributed by atoms with Gasteiger partial charge in [0.2, 0.25) is 5.91 Å². The smallest absolute Gasteiger partial charge is 0.246 e. The summed E-state index contributed by atoms with van der Waals surface area (Å²) < 4.78 is 0. The van der Waals surface area contributed by atoms with E-state index in [-0.39, 0.29) is 17.7 Å². The Balaban J connectivity index is 1.66. The summed E-state index contributed by atoms with van der Waals surface area (Å²) in [5, 5.41) is 19.6. The SMILES string of the molecule is C=CC(=O)N1CCC1Cc1[nH]c2nnc(-c3ccccc3O)cc2c1C. The summed E-state index contributed by atoms with van der Waals surface area (Å²) >= 11 is 0. The molecular formula is C20H20N4O2. The minimum atomic E-state index is -0.0170. The summed E-state index contributed by atoms with van der Waals surface area (Å²) in [4.78, 5) is 17.0. The first-order valence-corrected chi connectivity index (χ1v) is 8.64. The maximum absolute atomic E-state index is 11.8. The second-order valence-corrected chi connectivity index (χ2v) is 6.62. The molecule has 1 fully saturated rings. The fraction of sp³-hybridized carbons (Fsp3) is 0.250. The molecule has 2 N–H and O–H groups in total.